The van der Waals surface area contributed by atoms with Crippen LogP contribution in [0, 0.1) is 11.8 Å². The first-order chi connectivity index (χ1) is 5.79. The summed E-state index contributed by atoms with van der Waals surface area (Å²) < 4.78 is 0. The summed E-state index contributed by atoms with van der Waals surface area (Å²) in [7, 11) is 0. The van der Waals surface area contributed by atoms with Gasteiger partial charge in [0.25, 0.3) is 0 Å². The first kappa shape index (κ1) is 10.0. The lowest BCUT2D eigenvalue weighted by Gasteiger charge is -2.19. The van der Waals surface area contributed by atoms with E-state index in [0.29, 0.717) is 0 Å². The third kappa shape index (κ3) is 4.10. The molecule has 0 aliphatic carbocycles. The molecule has 0 aromatic rings. The van der Waals surface area contributed by atoms with Crippen molar-refractivity contribution in [1.82, 2.24) is 5.32 Å². The van der Waals surface area contributed by atoms with Crippen LogP contribution in [0.25, 0.3) is 0 Å². The molecule has 1 heteroatoms. The summed E-state index contributed by atoms with van der Waals surface area (Å²) in [6, 6.07) is 0. The molecule has 1 aliphatic heterocycles. The van der Waals surface area contributed by atoms with Crippen LogP contribution in [0.3, 0.4) is 0 Å². The fourth-order valence-corrected chi connectivity index (χ4v) is 2.14. The normalized spacial score (nSPS) is 34.5. The molecule has 2 unspecified atom stereocenters. The van der Waals surface area contributed by atoms with E-state index in [1.165, 1.54) is 45.2 Å². The maximum Gasteiger partial charge on any atom is -0.00464 e. The lowest BCUT2D eigenvalue weighted by molar-refractivity contribution is 0.349. The van der Waals surface area contributed by atoms with Gasteiger partial charge >= 0.3 is 0 Å². The van der Waals surface area contributed by atoms with Crippen molar-refractivity contribution >= 4 is 0 Å². The highest BCUT2D eigenvalue weighted by Crippen LogP contribution is 2.20. The van der Waals surface area contributed by atoms with Crippen LogP contribution in [-0.4, -0.2) is 13.1 Å². The summed E-state index contributed by atoms with van der Waals surface area (Å²) in [6.07, 6.45) is 7.03. The Balaban J connectivity index is 2.24. The molecular formula is C11H23N. The molecule has 1 fully saturated rings. The van der Waals surface area contributed by atoms with Crippen molar-refractivity contribution in [2.45, 2.75) is 46.0 Å². The van der Waals surface area contributed by atoms with Crippen LogP contribution in [0.1, 0.15) is 46.0 Å². The molecule has 12 heavy (non-hydrogen) atoms. The highest BCUT2D eigenvalue weighted by Gasteiger charge is 2.09. The molecule has 0 aromatic carbocycles. The molecule has 1 rings (SSSR count). The fraction of sp³-hybridized carbons (Fsp3) is 1.00. The molecule has 0 bridgehead atoms. The zero-order chi connectivity index (χ0) is 8.81. The number of hydrogen-bond donors (Lipinski definition) is 1. The third-order valence-corrected chi connectivity index (χ3v) is 2.92. The van der Waals surface area contributed by atoms with Crippen LogP contribution in [-0.2, 0) is 0 Å². The van der Waals surface area contributed by atoms with Gasteiger partial charge in [-0.1, -0.05) is 26.7 Å². The van der Waals surface area contributed by atoms with Gasteiger partial charge in [-0.05, 0) is 44.2 Å². The second-order valence-corrected chi connectivity index (χ2v) is 4.48. The molecule has 0 aromatic heterocycles. The number of hydrogen-bond acceptors (Lipinski definition) is 1. The van der Waals surface area contributed by atoms with Gasteiger partial charge in [0.05, 0.1) is 0 Å². The van der Waals surface area contributed by atoms with Crippen molar-refractivity contribution in [1.29, 1.82) is 0 Å². The van der Waals surface area contributed by atoms with Crippen LogP contribution < -0.4 is 5.32 Å². The van der Waals surface area contributed by atoms with Crippen LogP contribution >= 0.6 is 0 Å². The van der Waals surface area contributed by atoms with E-state index in [9.17, 15) is 0 Å². The minimum atomic E-state index is 0.922. The molecule has 2 atom stereocenters. The first-order valence-corrected chi connectivity index (χ1v) is 5.49. The summed E-state index contributed by atoms with van der Waals surface area (Å²) in [6.45, 7) is 7.26. The van der Waals surface area contributed by atoms with E-state index in [0.717, 1.165) is 11.8 Å². The van der Waals surface area contributed by atoms with E-state index in [4.69, 9.17) is 0 Å². The van der Waals surface area contributed by atoms with E-state index < -0.39 is 0 Å². The van der Waals surface area contributed by atoms with Gasteiger partial charge in [0.15, 0.2) is 0 Å². The van der Waals surface area contributed by atoms with Gasteiger partial charge < -0.3 is 5.32 Å². The van der Waals surface area contributed by atoms with Crippen LogP contribution in [0.15, 0.2) is 0 Å². The minimum Gasteiger partial charge on any atom is -0.317 e. The maximum absolute atomic E-state index is 3.50. The Hall–Kier alpha value is -0.0400. The molecule has 1 aliphatic rings. The maximum atomic E-state index is 3.50. The summed E-state index contributed by atoms with van der Waals surface area (Å²) in [5.41, 5.74) is 0. The summed E-state index contributed by atoms with van der Waals surface area (Å²) in [5.74, 6) is 1.88. The quantitative estimate of drug-likeness (QED) is 0.588. The monoisotopic (exact) mass is 169 g/mol. The van der Waals surface area contributed by atoms with E-state index in [-0.39, 0.29) is 0 Å². The smallest absolute Gasteiger partial charge is 0.00464 e. The Morgan fingerprint density at radius 1 is 0.917 bits per heavy atom. The Labute approximate surface area is 76.9 Å². The fourth-order valence-electron chi connectivity index (χ4n) is 2.14. The molecule has 0 radical (unpaired) electrons. The number of nitrogens with one attached hydrogen (secondary N) is 1. The van der Waals surface area contributed by atoms with Gasteiger partial charge in [-0.25, -0.2) is 0 Å². The van der Waals surface area contributed by atoms with E-state index in [1.807, 2.05) is 0 Å². The summed E-state index contributed by atoms with van der Waals surface area (Å²) >= 11 is 0. The van der Waals surface area contributed by atoms with E-state index in [1.54, 1.807) is 0 Å². The van der Waals surface area contributed by atoms with Crippen molar-refractivity contribution in [3.8, 4) is 0 Å². The lowest BCUT2D eigenvalue weighted by Crippen LogP contribution is -2.21. The van der Waals surface area contributed by atoms with Crippen LogP contribution in [0.4, 0.5) is 0 Å². The topological polar surface area (TPSA) is 12.0 Å². The van der Waals surface area contributed by atoms with E-state index >= 15 is 0 Å². The predicted octanol–water partition coefficient (Wildman–Crippen LogP) is 2.81. The molecule has 72 valence electrons. The highest BCUT2D eigenvalue weighted by molar-refractivity contribution is 4.64. The molecular weight excluding hydrogens is 146 g/mol. The second-order valence-electron chi connectivity index (χ2n) is 4.48. The molecule has 1 nitrogen and oxygen atoms in total. The average molecular weight is 169 g/mol. The average Bonchev–Trinajstić information content (AvgIpc) is 2.02. The zero-order valence-electron chi connectivity index (χ0n) is 8.60. The molecule has 1 N–H and O–H groups in total. The Morgan fingerprint density at radius 2 is 1.67 bits per heavy atom. The van der Waals surface area contributed by atoms with Crippen LogP contribution in [0.2, 0.25) is 0 Å². The largest absolute Gasteiger partial charge is 0.317 e. The van der Waals surface area contributed by atoms with Crippen molar-refractivity contribution in [2.24, 2.45) is 11.8 Å². The Bertz CT molecular complexity index is 99.6. The molecule has 0 amide bonds. The van der Waals surface area contributed by atoms with E-state index in [2.05, 4.69) is 19.2 Å². The molecule has 0 spiro atoms. The van der Waals surface area contributed by atoms with Gasteiger partial charge in [-0.15, -0.1) is 0 Å². The van der Waals surface area contributed by atoms with Crippen molar-refractivity contribution in [3.05, 3.63) is 0 Å². The first-order valence-electron chi connectivity index (χ1n) is 5.49. The standard InChI is InChI=1S/C11H23N/c1-10-5-3-4-7-12-8-6-11(2)9-10/h10-12H,3-9H2,1-2H3. The SMILES string of the molecule is CC1CCCCNCCC(C)C1. The minimum absolute atomic E-state index is 0.922. The lowest BCUT2D eigenvalue weighted by atomic mass is 9.90. The van der Waals surface area contributed by atoms with Gasteiger partial charge in [-0.3, -0.25) is 0 Å². The van der Waals surface area contributed by atoms with Gasteiger partial charge in [0, 0.05) is 0 Å². The predicted molar refractivity (Wildman–Crippen MR) is 54.3 cm³/mol. The zero-order valence-corrected chi connectivity index (χ0v) is 8.60. The molecule has 1 saturated heterocycles. The third-order valence-electron chi connectivity index (χ3n) is 2.92. The van der Waals surface area contributed by atoms with Gasteiger partial charge in [-0.2, -0.15) is 0 Å². The second kappa shape index (κ2) is 5.58. The van der Waals surface area contributed by atoms with Crippen LogP contribution in [0.5, 0.6) is 0 Å². The van der Waals surface area contributed by atoms with Crippen molar-refractivity contribution in [3.63, 3.8) is 0 Å². The molecule has 1 heterocycles. The Morgan fingerprint density at radius 3 is 2.50 bits per heavy atom. The Kier molecular flexibility index (Phi) is 4.67. The molecule has 0 saturated carbocycles. The summed E-state index contributed by atoms with van der Waals surface area (Å²) in [5, 5.41) is 3.50. The summed E-state index contributed by atoms with van der Waals surface area (Å²) in [4.78, 5) is 0. The highest BCUT2D eigenvalue weighted by atomic mass is 14.8. The number of rotatable bonds is 0. The van der Waals surface area contributed by atoms with Gasteiger partial charge in [0.2, 0.25) is 0 Å². The van der Waals surface area contributed by atoms with Gasteiger partial charge in [0.1, 0.15) is 0 Å². The van der Waals surface area contributed by atoms with Crippen molar-refractivity contribution < 1.29 is 0 Å². The van der Waals surface area contributed by atoms with Crippen molar-refractivity contribution in [2.75, 3.05) is 13.1 Å².